The van der Waals surface area contributed by atoms with Crippen LogP contribution in [0.3, 0.4) is 0 Å². The van der Waals surface area contributed by atoms with Crippen molar-refractivity contribution in [3.05, 3.63) is 57.7 Å². The van der Waals surface area contributed by atoms with Crippen LogP contribution in [-0.2, 0) is 6.42 Å². The number of thiazole rings is 1. The first-order chi connectivity index (χ1) is 12.3. The number of nitrogens with one attached hydrogen (secondary N) is 1. The zero-order valence-corrected chi connectivity index (χ0v) is 15.0. The second-order valence-corrected chi connectivity index (χ2v) is 6.83. The van der Waals surface area contributed by atoms with E-state index >= 15 is 0 Å². The molecule has 0 bridgehead atoms. The molecule has 0 saturated heterocycles. The molecule has 0 saturated carbocycles. The lowest BCUT2D eigenvalue weighted by Crippen LogP contribution is -2.25. The van der Waals surface area contributed by atoms with Crippen molar-refractivity contribution in [3.63, 3.8) is 0 Å². The quantitative estimate of drug-likeness (QED) is 0.645. The number of carbonyl (C=O) groups excluding carboxylic acids is 1. The largest absolute Gasteiger partial charge is 0.481 e. The van der Waals surface area contributed by atoms with Gasteiger partial charge >= 0.3 is 0 Å². The second kappa shape index (κ2) is 8.47. The highest BCUT2D eigenvalue weighted by Crippen LogP contribution is 2.25. The van der Waals surface area contributed by atoms with Gasteiger partial charge in [0.25, 0.3) is 5.91 Å². The van der Waals surface area contributed by atoms with E-state index in [1.807, 2.05) is 41.1 Å². The highest BCUT2D eigenvalue weighted by Gasteiger charge is 2.11. The maximum absolute atomic E-state index is 12.2. The summed E-state index contributed by atoms with van der Waals surface area (Å²) in [7, 11) is 0. The molecule has 0 aliphatic rings. The van der Waals surface area contributed by atoms with Crippen molar-refractivity contribution >= 4 is 28.6 Å². The maximum atomic E-state index is 12.2. The molecule has 3 aromatic rings. The molecule has 1 amide bonds. The molecule has 4 nitrogen and oxygen atoms in total. The molecule has 0 aliphatic heterocycles. The molecule has 2 heterocycles. The van der Waals surface area contributed by atoms with Gasteiger partial charge in [-0.1, -0.05) is 18.1 Å². The fourth-order valence-electron chi connectivity index (χ4n) is 2.19. The number of benzene rings is 1. The van der Waals surface area contributed by atoms with Gasteiger partial charge in [0, 0.05) is 22.9 Å². The van der Waals surface area contributed by atoms with Crippen LogP contribution in [0.1, 0.15) is 16.1 Å². The standard InChI is InChI=1S/C19H16N2O2S2/c1-2-10-23-16-5-3-14(4-6-16)7-9-20-18(22)17-13-25-19(21-17)15-8-11-24-12-15/h1,3-6,8,11-13H,7,9-10H2,(H,20,22). The first-order valence-corrected chi connectivity index (χ1v) is 9.50. The Morgan fingerprint density at radius 3 is 2.80 bits per heavy atom. The fourth-order valence-corrected chi connectivity index (χ4v) is 3.70. The van der Waals surface area contributed by atoms with E-state index in [0.717, 1.165) is 28.3 Å². The van der Waals surface area contributed by atoms with Crippen LogP contribution in [0.4, 0.5) is 0 Å². The third-order valence-electron chi connectivity index (χ3n) is 3.45. The minimum atomic E-state index is -0.147. The van der Waals surface area contributed by atoms with Crippen molar-refractivity contribution in [2.45, 2.75) is 6.42 Å². The summed E-state index contributed by atoms with van der Waals surface area (Å²) in [5.41, 5.74) is 2.64. The Morgan fingerprint density at radius 1 is 1.24 bits per heavy atom. The molecule has 0 aliphatic carbocycles. The molecule has 0 fully saturated rings. The highest BCUT2D eigenvalue weighted by molar-refractivity contribution is 7.14. The Bertz CT molecular complexity index is 862. The molecule has 0 spiro atoms. The molecule has 126 valence electrons. The average molecular weight is 368 g/mol. The number of nitrogens with zero attached hydrogens (tertiary/aromatic N) is 1. The lowest BCUT2D eigenvalue weighted by Gasteiger charge is -2.06. The molecule has 3 rings (SSSR count). The topological polar surface area (TPSA) is 51.2 Å². The van der Waals surface area contributed by atoms with E-state index < -0.39 is 0 Å². The van der Waals surface area contributed by atoms with Gasteiger partial charge in [0.1, 0.15) is 23.1 Å². The van der Waals surface area contributed by atoms with E-state index in [-0.39, 0.29) is 12.5 Å². The summed E-state index contributed by atoms with van der Waals surface area (Å²) < 4.78 is 5.33. The third-order valence-corrected chi connectivity index (χ3v) is 5.02. The second-order valence-electron chi connectivity index (χ2n) is 5.19. The van der Waals surface area contributed by atoms with Crippen molar-refractivity contribution in [1.29, 1.82) is 0 Å². The lowest BCUT2D eigenvalue weighted by molar-refractivity contribution is 0.0950. The molecular weight excluding hydrogens is 352 g/mol. The highest BCUT2D eigenvalue weighted by atomic mass is 32.1. The number of aromatic nitrogens is 1. The van der Waals surface area contributed by atoms with Crippen LogP contribution >= 0.6 is 22.7 Å². The van der Waals surface area contributed by atoms with Gasteiger partial charge in [-0.3, -0.25) is 4.79 Å². The average Bonchev–Trinajstić information content (AvgIpc) is 3.32. The first kappa shape index (κ1) is 17.2. The van der Waals surface area contributed by atoms with Crippen LogP contribution in [0.15, 0.2) is 46.5 Å². The van der Waals surface area contributed by atoms with Crippen LogP contribution in [0.25, 0.3) is 10.6 Å². The molecular formula is C19H16N2O2S2. The molecule has 1 aromatic carbocycles. The van der Waals surface area contributed by atoms with Crippen molar-refractivity contribution in [3.8, 4) is 28.7 Å². The van der Waals surface area contributed by atoms with Gasteiger partial charge in [-0.2, -0.15) is 11.3 Å². The van der Waals surface area contributed by atoms with E-state index in [1.165, 1.54) is 11.3 Å². The van der Waals surface area contributed by atoms with E-state index in [0.29, 0.717) is 12.2 Å². The SMILES string of the molecule is C#CCOc1ccc(CCNC(=O)c2csc(-c3ccsc3)n2)cc1. The number of rotatable bonds is 7. The van der Waals surface area contributed by atoms with Crippen LogP contribution < -0.4 is 10.1 Å². The third kappa shape index (κ3) is 4.69. The molecule has 6 heteroatoms. The minimum absolute atomic E-state index is 0.147. The maximum Gasteiger partial charge on any atom is 0.270 e. The van der Waals surface area contributed by atoms with Gasteiger partial charge in [-0.05, 0) is 35.6 Å². The summed E-state index contributed by atoms with van der Waals surface area (Å²) in [6.45, 7) is 0.811. The molecule has 2 aromatic heterocycles. The van der Waals surface area contributed by atoms with Crippen LogP contribution in [0, 0.1) is 12.3 Å². The molecule has 0 radical (unpaired) electrons. The Labute approximate surface area is 154 Å². The Balaban J connectivity index is 1.49. The summed E-state index contributed by atoms with van der Waals surface area (Å²) >= 11 is 3.10. The number of hydrogen-bond acceptors (Lipinski definition) is 5. The molecule has 0 unspecified atom stereocenters. The predicted molar refractivity (Wildman–Crippen MR) is 102 cm³/mol. The van der Waals surface area contributed by atoms with Gasteiger partial charge in [0.05, 0.1) is 0 Å². The number of hydrogen-bond donors (Lipinski definition) is 1. The van der Waals surface area contributed by atoms with Crippen LogP contribution in [-0.4, -0.2) is 24.0 Å². The Hall–Kier alpha value is -2.62. The molecule has 1 N–H and O–H groups in total. The summed E-state index contributed by atoms with van der Waals surface area (Å²) in [6.07, 6.45) is 5.90. The summed E-state index contributed by atoms with van der Waals surface area (Å²) in [4.78, 5) is 16.6. The Morgan fingerprint density at radius 2 is 2.08 bits per heavy atom. The van der Waals surface area contributed by atoms with Gasteiger partial charge in [-0.15, -0.1) is 17.8 Å². The number of carbonyl (C=O) groups is 1. The van der Waals surface area contributed by atoms with Gasteiger partial charge < -0.3 is 10.1 Å². The lowest BCUT2D eigenvalue weighted by atomic mass is 10.1. The van der Waals surface area contributed by atoms with E-state index in [9.17, 15) is 4.79 Å². The monoisotopic (exact) mass is 368 g/mol. The molecule has 0 atom stereocenters. The zero-order chi connectivity index (χ0) is 17.5. The number of ether oxygens (including phenoxy) is 1. The van der Waals surface area contributed by atoms with Crippen molar-refractivity contribution < 1.29 is 9.53 Å². The minimum Gasteiger partial charge on any atom is -0.481 e. The number of terminal acetylenes is 1. The van der Waals surface area contributed by atoms with Crippen LogP contribution in [0.5, 0.6) is 5.75 Å². The summed E-state index contributed by atoms with van der Waals surface area (Å²) in [5, 5.41) is 9.59. The van der Waals surface area contributed by atoms with E-state index in [2.05, 4.69) is 16.2 Å². The zero-order valence-electron chi connectivity index (χ0n) is 13.4. The van der Waals surface area contributed by atoms with Gasteiger partial charge in [-0.25, -0.2) is 4.98 Å². The predicted octanol–water partition coefficient (Wildman–Crippen LogP) is 3.86. The smallest absolute Gasteiger partial charge is 0.270 e. The van der Waals surface area contributed by atoms with Crippen molar-refractivity contribution in [1.82, 2.24) is 10.3 Å². The van der Waals surface area contributed by atoms with Crippen molar-refractivity contribution in [2.75, 3.05) is 13.2 Å². The summed E-state index contributed by atoms with van der Waals surface area (Å²) in [6, 6.07) is 9.69. The first-order valence-electron chi connectivity index (χ1n) is 7.68. The van der Waals surface area contributed by atoms with Crippen molar-refractivity contribution in [2.24, 2.45) is 0 Å². The van der Waals surface area contributed by atoms with E-state index in [1.54, 1.807) is 16.7 Å². The Kier molecular flexibility index (Phi) is 5.83. The van der Waals surface area contributed by atoms with Gasteiger partial charge in [0.2, 0.25) is 0 Å². The summed E-state index contributed by atoms with van der Waals surface area (Å²) in [5.74, 6) is 3.03. The van der Waals surface area contributed by atoms with Gasteiger partial charge in [0.15, 0.2) is 0 Å². The fraction of sp³-hybridized carbons (Fsp3) is 0.158. The molecule has 25 heavy (non-hydrogen) atoms. The number of thiophene rings is 1. The van der Waals surface area contributed by atoms with Crippen LogP contribution in [0.2, 0.25) is 0 Å². The van der Waals surface area contributed by atoms with E-state index in [4.69, 9.17) is 11.2 Å². The number of amides is 1. The normalized spacial score (nSPS) is 10.2.